The minimum Gasteiger partial charge on any atom is -0.463 e. The molecule has 23 heavy (non-hydrogen) atoms. The van der Waals surface area contributed by atoms with E-state index in [0.717, 1.165) is 11.3 Å². The van der Waals surface area contributed by atoms with Crippen molar-refractivity contribution in [2.45, 2.75) is 25.9 Å². The third-order valence-corrected chi connectivity index (χ3v) is 3.05. The highest BCUT2D eigenvalue weighted by Crippen LogP contribution is 2.10. The molecule has 2 N–H and O–H groups in total. The zero-order chi connectivity index (χ0) is 17.2. The summed E-state index contributed by atoms with van der Waals surface area (Å²) in [5, 5.41) is 12.6. The van der Waals surface area contributed by atoms with Gasteiger partial charge in [-0.3, -0.25) is 4.79 Å². The Morgan fingerprint density at radius 1 is 1.22 bits per heavy atom. The van der Waals surface area contributed by atoms with Gasteiger partial charge >= 0.3 is 11.9 Å². The predicted molar refractivity (Wildman–Crippen MR) is 87.0 cm³/mol. The number of nitrogens with one attached hydrogen (secondary N) is 1. The van der Waals surface area contributed by atoms with Gasteiger partial charge in [-0.25, -0.2) is 4.79 Å². The highest BCUT2D eigenvalue weighted by atomic mass is 16.6. The molecule has 0 saturated carbocycles. The molecule has 126 valence electrons. The Balaban J connectivity index is 2.22. The molecule has 0 aromatic heterocycles. The van der Waals surface area contributed by atoms with Crippen LogP contribution in [0.4, 0.5) is 5.69 Å². The number of hydrogen-bond acceptors (Lipinski definition) is 6. The first-order chi connectivity index (χ1) is 10.9. The fourth-order valence-corrected chi connectivity index (χ4v) is 1.69. The van der Waals surface area contributed by atoms with Crippen LogP contribution in [0.1, 0.15) is 18.9 Å². The number of aryl methyl sites for hydroxylation is 1. The van der Waals surface area contributed by atoms with Crippen molar-refractivity contribution in [2.24, 2.45) is 0 Å². The van der Waals surface area contributed by atoms with Crippen molar-refractivity contribution in [1.29, 1.82) is 0 Å². The van der Waals surface area contributed by atoms with Crippen molar-refractivity contribution in [2.75, 3.05) is 25.6 Å². The maximum Gasteiger partial charge on any atom is 0.333 e. The number of ether oxygens (including phenoxy) is 2. The van der Waals surface area contributed by atoms with Gasteiger partial charge in [-0.2, -0.15) is 0 Å². The summed E-state index contributed by atoms with van der Waals surface area (Å²) in [6.07, 6.45) is -0.266. The Kier molecular flexibility index (Phi) is 7.83. The highest BCUT2D eigenvalue weighted by molar-refractivity contribution is 5.86. The first-order valence-electron chi connectivity index (χ1n) is 7.35. The summed E-state index contributed by atoms with van der Waals surface area (Å²) >= 11 is 0. The van der Waals surface area contributed by atoms with E-state index in [9.17, 15) is 14.7 Å². The van der Waals surface area contributed by atoms with Gasteiger partial charge in [-0.05, 0) is 31.0 Å². The van der Waals surface area contributed by atoms with E-state index in [-0.39, 0.29) is 25.2 Å². The smallest absolute Gasteiger partial charge is 0.333 e. The van der Waals surface area contributed by atoms with Crippen LogP contribution in [0.15, 0.2) is 36.4 Å². The maximum atomic E-state index is 11.6. The number of esters is 2. The van der Waals surface area contributed by atoms with Gasteiger partial charge in [0.25, 0.3) is 0 Å². The lowest BCUT2D eigenvalue weighted by atomic mass is 10.1. The number of rotatable bonds is 9. The molecule has 0 amide bonds. The minimum atomic E-state index is -1.04. The van der Waals surface area contributed by atoms with Crippen molar-refractivity contribution < 1.29 is 24.2 Å². The minimum absolute atomic E-state index is 0.207. The molecule has 0 radical (unpaired) electrons. The van der Waals surface area contributed by atoms with Gasteiger partial charge in [0, 0.05) is 24.7 Å². The normalized spacial score (nSPS) is 11.4. The predicted octanol–water partition coefficient (Wildman–Crippen LogP) is 1.68. The molecular formula is C17H23NO5. The molecule has 1 aromatic rings. The topological polar surface area (TPSA) is 84.9 Å². The number of carbonyl (C=O) groups excluding carboxylic acids is 2. The molecule has 0 fully saturated rings. The highest BCUT2D eigenvalue weighted by Gasteiger charge is 2.12. The lowest BCUT2D eigenvalue weighted by Crippen LogP contribution is -2.25. The molecule has 1 aromatic carbocycles. The van der Waals surface area contributed by atoms with Crippen molar-refractivity contribution in [3.8, 4) is 0 Å². The third-order valence-electron chi connectivity index (χ3n) is 3.05. The average Bonchev–Trinajstić information content (AvgIpc) is 2.56. The van der Waals surface area contributed by atoms with Crippen molar-refractivity contribution in [3.63, 3.8) is 0 Å². The second-order valence-corrected chi connectivity index (χ2v) is 5.16. The summed E-state index contributed by atoms with van der Waals surface area (Å²) in [5.74, 6) is -0.992. The Bertz CT molecular complexity index is 538. The molecule has 0 saturated heterocycles. The number of carbonyl (C=O) groups is 2. The summed E-state index contributed by atoms with van der Waals surface area (Å²) in [7, 11) is 1.84. The van der Waals surface area contributed by atoms with Crippen LogP contribution in [0.2, 0.25) is 0 Å². The van der Waals surface area contributed by atoms with Gasteiger partial charge in [-0.1, -0.05) is 18.7 Å². The lowest BCUT2D eigenvalue weighted by molar-refractivity contribution is -0.150. The number of hydrogen-bond donors (Lipinski definition) is 2. The molecule has 0 spiro atoms. The van der Waals surface area contributed by atoms with Gasteiger partial charge < -0.3 is 19.9 Å². The van der Waals surface area contributed by atoms with Crippen LogP contribution in [-0.4, -0.2) is 43.4 Å². The number of aliphatic hydroxyl groups excluding tert-OH is 1. The summed E-state index contributed by atoms with van der Waals surface area (Å²) in [6.45, 7) is 4.50. The summed E-state index contributed by atoms with van der Waals surface area (Å²) in [4.78, 5) is 22.8. The van der Waals surface area contributed by atoms with Crippen LogP contribution >= 0.6 is 0 Å². The first kappa shape index (κ1) is 18.7. The van der Waals surface area contributed by atoms with E-state index in [2.05, 4.69) is 11.9 Å². The molecule has 0 heterocycles. The fraction of sp³-hybridized carbons (Fsp3) is 0.412. The molecule has 0 aliphatic rings. The van der Waals surface area contributed by atoms with Gasteiger partial charge in [-0.15, -0.1) is 0 Å². The molecule has 0 aliphatic heterocycles. The van der Waals surface area contributed by atoms with Crippen molar-refractivity contribution in [3.05, 3.63) is 42.0 Å². The zero-order valence-corrected chi connectivity index (χ0v) is 13.5. The molecular weight excluding hydrogens is 298 g/mol. The molecule has 1 rings (SSSR count). The molecule has 6 heteroatoms. The second kappa shape index (κ2) is 9.63. The Hall–Kier alpha value is -2.34. The zero-order valence-electron chi connectivity index (χ0n) is 13.5. The van der Waals surface area contributed by atoms with Crippen molar-refractivity contribution >= 4 is 17.6 Å². The van der Waals surface area contributed by atoms with Gasteiger partial charge in [0.1, 0.15) is 19.3 Å². The van der Waals surface area contributed by atoms with E-state index in [1.54, 1.807) is 0 Å². The molecule has 1 atom stereocenters. The van der Waals surface area contributed by atoms with E-state index in [0.29, 0.717) is 6.42 Å². The molecule has 0 aliphatic carbocycles. The van der Waals surface area contributed by atoms with Crippen LogP contribution in [0.3, 0.4) is 0 Å². The van der Waals surface area contributed by atoms with Crippen LogP contribution in [0.25, 0.3) is 0 Å². The molecule has 6 nitrogen and oxygen atoms in total. The van der Waals surface area contributed by atoms with Crippen LogP contribution in [-0.2, 0) is 25.5 Å². The van der Waals surface area contributed by atoms with E-state index < -0.39 is 18.0 Å². The molecule has 1 unspecified atom stereocenters. The SMILES string of the molecule is C=C(C)C(=O)OCC(O)COC(=O)CCc1ccc(NC)cc1. The number of aliphatic hydroxyl groups is 1. The fourth-order valence-electron chi connectivity index (χ4n) is 1.69. The van der Waals surface area contributed by atoms with E-state index >= 15 is 0 Å². The average molecular weight is 321 g/mol. The summed E-state index contributed by atoms with van der Waals surface area (Å²) in [6, 6.07) is 7.73. The quantitative estimate of drug-likeness (QED) is 0.532. The summed E-state index contributed by atoms with van der Waals surface area (Å²) in [5.41, 5.74) is 2.28. The van der Waals surface area contributed by atoms with E-state index in [1.807, 2.05) is 31.3 Å². The largest absolute Gasteiger partial charge is 0.463 e. The Morgan fingerprint density at radius 3 is 2.39 bits per heavy atom. The number of benzene rings is 1. The van der Waals surface area contributed by atoms with Crippen LogP contribution < -0.4 is 5.32 Å². The monoisotopic (exact) mass is 321 g/mol. The Morgan fingerprint density at radius 2 is 1.83 bits per heavy atom. The standard InChI is InChI=1S/C17H23NO5/c1-12(2)17(21)23-11-15(19)10-22-16(20)9-6-13-4-7-14(18-3)8-5-13/h4-5,7-8,15,18-19H,1,6,9-11H2,2-3H3. The van der Waals surface area contributed by atoms with Crippen molar-refractivity contribution in [1.82, 2.24) is 0 Å². The van der Waals surface area contributed by atoms with E-state index in [4.69, 9.17) is 9.47 Å². The maximum absolute atomic E-state index is 11.6. The van der Waals surface area contributed by atoms with Gasteiger partial charge in [0.15, 0.2) is 0 Å². The Labute approximate surface area is 136 Å². The first-order valence-corrected chi connectivity index (χ1v) is 7.35. The lowest BCUT2D eigenvalue weighted by Gasteiger charge is -2.12. The van der Waals surface area contributed by atoms with Crippen LogP contribution in [0, 0.1) is 0 Å². The van der Waals surface area contributed by atoms with E-state index in [1.165, 1.54) is 6.92 Å². The van der Waals surface area contributed by atoms with Gasteiger partial charge in [0.05, 0.1) is 0 Å². The third kappa shape index (κ3) is 7.46. The molecule has 0 bridgehead atoms. The van der Waals surface area contributed by atoms with Crippen LogP contribution in [0.5, 0.6) is 0 Å². The second-order valence-electron chi connectivity index (χ2n) is 5.16. The summed E-state index contributed by atoms with van der Waals surface area (Å²) < 4.78 is 9.71. The van der Waals surface area contributed by atoms with Gasteiger partial charge in [0.2, 0.25) is 0 Å². The number of anilines is 1.